The van der Waals surface area contributed by atoms with E-state index < -0.39 is 5.97 Å². The minimum Gasteiger partial charge on any atom is -0.451 e. The molecule has 1 amide bonds. The van der Waals surface area contributed by atoms with Crippen molar-refractivity contribution in [2.45, 2.75) is 19.8 Å². The minimum absolute atomic E-state index is 0.285. The normalized spacial score (nSPS) is 10.6. The largest absolute Gasteiger partial charge is 0.451 e. The Morgan fingerprint density at radius 2 is 2.10 bits per heavy atom. The first-order chi connectivity index (χ1) is 10.1. The van der Waals surface area contributed by atoms with Gasteiger partial charge in [-0.25, -0.2) is 4.79 Å². The van der Waals surface area contributed by atoms with E-state index in [4.69, 9.17) is 16.3 Å². The van der Waals surface area contributed by atoms with E-state index in [0.29, 0.717) is 16.4 Å². The van der Waals surface area contributed by atoms with Crippen molar-refractivity contribution < 1.29 is 14.3 Å². The Balaban J connectivity index is 1.96. The smallest absolute Gasteiger partial charge is 0.350 e. The SMILES string of the molecule is CCCCNC(=O)COC(=O)c1sc2ccccc2c1Cl. The summed E-state index contributed by atoms with van der Waals surface area (Å²) in [7, 11) is 0. The molecule has 21 heavy (non-hydrogen) atoms. The van der Waals surface area contributed by atoms with Crippen LogP contribution in [0, 0.1) is 0 Å². The summed E-state index contributed by atoms with van der Waals surface area (Å²) in [6, 6.07) is 7.48. The summed E-state index contributed by atoms with van der Waals surface area (Å²) < 4.78 is 5.92. The Labute approximate surface area is 132 Å². The maximum absolute atomic E-state index is 12.0. The molecule has 4 nitrogen and oxygen atoms in total. The Hall–Kier alpha value is -1.59. The number of thiophene rings is 1. The van der Waals surface area contributed by atoms with E-state index in [0.717, 1.165) is 22.9 Å². The number of nitrogens with one attached hydrogen (secondary N) is 1. The summed E-state index contributed by atoms with van der Waals surface area (Å²) in [5, 5.41) is 3.89. The van der Waals surface area contributed by atoms with Crippen LogP contribution in [0.3, 0.4) is 0 Å². The molecule has 112 valence electrons. The zero-order chi connectivity index (χ0) is 15.2. The maximum Gasteiger partial charge on any atom is 0.350 e. The summed E-state index contributed by atoms with van der Waals surface area (Å²) >= 11 is 7.45. The molecule has 0 unspecified atom stereocenters. The van der Waals surface area contributed by atoms with Gasteiger partial charge >= 0.3 is 5.97 Å². The Kier molecular flexibility index (Phi) is 5.59. The predicted octanol–water partition coefficient (Wildman–Crippen LogP) is 3.63. The van der Waals surface area contributed by atoms with Crippen molar-refractivity contribution >= 4 is 44.9 Å². The fourth-order valence-electron chi connectivity index (χ4n) is 1.80. The third-order valence-corrected chi connectivity index (χ3v) is 4.56. The van der Waals surface area contributed by atoms with Crippen LogP contribution >= 0.6 is 22.9 Å². The number of ether oxygens (including phenoxy) is 1. The van der Waals surface area contributed by atoms with Gasteiger partial charge < -0.3 is 10.1 Å². The standard InChI is InChI=1S/C15H16ClNO3S/c1-2-3-8-17-12(18)9-20-15(19)14-13(16)10-6-4-5-7-11(10)21-14/h4-7H,2-3,8-9H2,1H3,(H,17,18). The number of esters is 1. The van der Waals surface area contributed by atoms with Crippen molar-refractivity contribution in [3.05, 3.63) is 34.2 Å². The second-order valence-corrected chi connectivity index (χ2v) is 5.95. The first kappa shape index (κ1) is 15.8. The Morgan fingerprint density at radius 3 is 2.81 bits per heavy atom. The molecular formula is C15H16ClNO3S. The monoisotopic (exact) mass is 325 g/mol. The van der Waals surface area contributed by atoms with Gasteiger partial charge in [0.25, 0.3) is 5.91 Å². The summed E-state index contributed by atoms with van der Waals surface area (Å²) in [6.07, 6.45) is 1.90. The van der Waals surface area contributed by atoms with Crippen molar-refractivity contribution in [3.63, 3.8) is 0 Å². The van der Waals surface area contributed by atoms with E-state index in [2.05, 4.69) is 5.32 Å². The van der Waals surface area contributed by atoms with Gasteiger partial charge in [0.1, 0.15) is 4.88 Å². The molecule has 0 spiro atoms. The van der Waals surface area contributed by atoms with E-state index in [-0.39, 0.29) is 12.5 Å². The number of carbonyl (C=O) groups excluding carboxylic acids is 2. The third-order valence-electron chi connectivity index (χ3n) is 2.91. The van der Waals surface area contributed by atoms with Gasteiger partial charge in [-0.05, 0) is 12.5 Å². The van der Waals surface area contributed by atoms with Crippen LogP contribution in [0.1, 0.15) is 29.4 Å². The van der Waals surface area contributed by atoms with Crippen molar-refractivity contribution in [2.75, 3.05) is 13.2 Å². The molecule has 0 saturated heterocycles. The van der Waals surface area contributed by atoms with Gasteiger partial charge in [0.2, 0.25) is 0 Å². The van der Waals surface area contributed by atoms with Crippen LogP contribution < -0.4 is 5.32 Å². The first-order valence-electron chi connectivity index (χ1n) is 6.74. The maximum atomic E-state index is 12.0. The lowest BCUT2D eigenvalue weighted by Crippen LogP contribution is -2.29. The van der Waals surface area contributed by atoms with Crippen LogP contribution in [0.4, 0.5) is 0 Å². The number of rotatable bonds is 6. The van der Waals surface area contributed by atoms with E-state index >= 15 is 0 Å². The molecule has 0 aliphatic rings. The fraction of sp³-hybridized carbons (Fsp3) is 0.333. The highest BCUT2D eigenvalue weighted by Crippen LogP contribution is 2.35. The number of hydrogen-bond acceptors (Lipinski definition) is 4. The minimum atomic E-state index is -0.563. The third kappa shape index (κ3) is 3.95. The van der Waals surface area contributed by atoms with Crippen LogP contribution in [0.2, 0.25) is 5.02 Å². The van der Waals surface area contributed by atoms with Crippen LogP contribution in [-0.4, -0.2) is 25.0 Å². The van der Waals surface area contributed by atoms with Crippen LogP contribution in [0.15, 0.2) is 24.3 Å². The Bertz CT molecular complexity index is 653. The molecule has 0 atom stereocenters. The number of carbonyl (C=O) groups is 2. The van der Waals surface area contributed by atoms with Crippen LogP contribution in [-0.2, 0) is 9.53 Å². The summed E-state index contributed by atoms with van der Waals surface area (Å²) in [5.74, 6) is -0.860. The topological polar surface area (TPSA) is 55.4 Å². The molecule has 0 saturated carbocycles. The van der Waals surface area contributed by atoms with Gasteiger partial charge in [-0.3, -0.25) is 4.79 Å². The second-order valence-electron chi connectivity index (χ2n) is 4.52. The molecule has 0 fully saturated rings. The predicted molar refractivity (Wildman–Crippen MR) is 85.0 cm³/mol. The van der Waals surface area contributed by atoms with Gasteiger partial charge in [-0.15, -0.1) is 11.3 Å². The molecule has 6 heteroatoms. The summed E-state index contributed by atoms with van der Waals surface area (Å²) in [5.41, 5.74) is 0. The van der Waals surface area contributed by atoms with E-state index in [1.165, 1.54) is 11.3 Å². The highest BCUT2D eigenvalue weighted by atomic mass is 35.5. The fourth-order valence-corrected chi connectivity index (χ4v) is 3.20. The lowest BCUT2D eigenvalue weighted by molar-refractivity contribution is -0.124. The second kappa shape index (κ2) is 7.43. The number of amides is 1. The first-order valence-corrected chi connectivity index (χ1v) is 7.93. The molecule has 2 rings (SSSR count). The molecule has 0 aliphatic carbocycles. The number of halogens is 1. The number of unbranched alkanes of at least 4 members (excludes halogenated alkanes) is 1. The number of fused-ring (bicyclic) bond motifs is 1. The van der Waals surface area contributed by atoms with E-state index in [9.17, 15) is 9.59 Å². The van der Waals surface area contributed by atoms with Crippen molar-refractivity contribution in [2.24, 2.45) is 0 Å². The van der Waals surface area contributed by atoms with Gasteiger partial charge in [0.15, 0.2) is 6.61 Å². The van der Waals surface area contributed by atoms with Gasteiger partial charge in [-0.1, -0.05) is 43.1 Å². The summed E-state index contributed by atoms with van der Waals surface area (Å²) in [4.78, 5) is 23.8. The van der Waals surface area contributed by atoms with Gasteiger partial charge in [0, 0.05) is 16.6 Å². The van der Waals surface area contributed by atoms with E-state index in [1.54, 1.807) is 0 Å². The lowest BCUT2D eigenvalue weighted by Gasteiger charge is -2.05. The highest BCUT2D eigenvalue weighted by molar-refractivity contribution is 7.21. The van der Waals surface area contributed by atoms with Crippen LogP contribution in [0.25, 0.3) is 10.1 Å². The van der Waals surface area contributed by atoms with E-state index in [1.807, 2.05) is 31.2 Å². The zero-order valence-corrected chi connectivity index (χ0v) is 13.2. The number of hydrogen-bond donors (Lipinski definition) is 1. The molecule has 1 N–H and O–H groups in total. The average Bonchev–Trinajstić information content (AvgIpc) is 2.83. The summed E-state index contributed by atoms with van der Waals surface area (Å²) in [6.45, 7) is 2.35. The highest BCUT2D eigenvalue weighted by Gasteiger charge is 2.19. The van der Waals surface area contributed by atoms with Crippen molar-refractivity contribution in [3.8, 4) is 0 Å². The van der Waals surface area contributed by atoms with Gasteiger partial charge in [0.05, 0.1) is 5.02 Å². The lowest BCUT2D eigenvalue weighted by atomic mass is 10.2. The molecular weight excluding hydrogens is 310 g/mol. The van der Waals surface area contributed by atoms with Crippen LogP contribution in [0.5, 0.6) is 0 Å². The average molecular weight is 326 g/mol. The number of benzene rings is 1. The molecule has 0 aliphatic heterocycles. The van der Waals surface area contributed by atoms with Crippen molar-refractivity contribution in [1.82, 2.24) is 5.32 Å². The molecule has 1 heterocycles. The van der Waals surface area contributed by atoms with Crippen molar-refractivity contribution in [1.29, 1.82) is 0 Å². The zero-order valence-electron chi connectivity index (χ0n) is 11.6. The molecule has 1 aromatic carbocycles. The molecule has 2 aromatic rings. The molecule has 0 bridgehead atoms. The Morgan fingerprint density at radius 1 is 1.33 bits per heavy atom. The molecule has 0 radical (unpaired) electrons. The van der Waals surface area contributed by atoms with Gasteiger partial charge in [-0.2, -0.15) is 0 Å². The molecule has 1 aromatic heterocycles. The quantitative estimate of drug-likeness (QED) is 0.652.